The van der Waals surface area contributed by atoms with Gasteiger partial charge in [-0.3, -0.25) is 4.79 Å². The van der Waals surface area contributed by atoms with Crippen LogP contribution in [0.3, 0.4) is 0 Å². The lowest BCUT2D eigenvalue weighted by Crippen LogP contribution is -2.23. The molecule has 0 aliphatic heterocycles. The predicted molar refractivity (Wildman–Crippen MR) is 99.0 cm³/mol. The quantitative estimate of drug-likeness (QED) is 0.762. The van der Waals surface area contributed by atoms with Gasteiger partial charge in [0.2, 0.25) is 0 Å². The molecule has 2 atom stereocenters. The summed E-state index contributed by atoms with van der Waals surface area (Å²) in [6.45, 7) is 0.570. The zero-order valence-corrected chi connectivity index (χ0v) is 14.8. The van der Waals surface area contributed by atoms with Crippen LogP contribution in [0.2, 0.25) is 0 Å². The fourth-order valence-electron chi connectivity index (χ4n) is 3.78. The number of benzene rings is 2. The van der Waals surface area contributed by atoms with Crippen molar-refractivity contribution in [2.45, 2.75) is 12.8 Å². The Bertz CT molecular complexity index is 693. The largest absolute Gasteiger partial charge is 0.469 e. The van der Waals surface area contributed by atoms with E-state index >= 15 is 0 Å². The maximum atomic E-state index is 12.2. The average molecular weight is 336 g/mol. The van der Waals surface area contributed by atoms with Gasteiger partial charge in [0.05, 0.1) is 19.6 Å². The van der Waals surface area contributed by atoms with E-state index in [9.17, 15) is 4.79 Å². The van der Waals surface area contributed by atoms with Crippen LogP contribution in [0.1, 0.15) is 24.0 Å². The van der Waals surface area contributed by atoms with Crippen LogP contribution >= 0.6 is 0 Å². The van der Waals surface area contributed by atoms with Gasteiger partial charge in [0.15, 0.2) is 0 Å². The van der Waals surface area contributed by atoms with Gasteiger partial charge in [-0.05, 0) is 35.5 Å². The molecule has 25 heavy (non-hydrogen) atoms. The van der Waals surface area contributed by atoms with Crippen molar-refractivity contribution in [1.82, 2.24) is 0 Å². The van der Waals surface area contributed by atoms with Gasteiger partial charge in [-0.1, -0.05) is 66.2 Å². The summed E-state index contributed by atoms with van der Waals surface area (Å²) in [5, 5.41) is 0. The van der Waals surface area contributed by atoms with Crippen molar-refractivity contribution >= 4 is 11.5 Å². The van der Waals surface area contributed by atoms with E-state index in [-0.39, 0.29) is 17.8 Å². The predicted octanol–water partition coefficient (Wildman–Crippen LogP) is 4.33. The normalized spacial score (nSPS) is 19.7. The molecule has 0 radical (unpaired) electrons. The van der Waals surface area contributed by atoms with E-state index in [4.69, 9.17) is 9.47 Å². The number of hydrogen-bond acceptors (Lipinski definition) is 3. The summed E-state index contributed by atoms with van der Waals surface area (Å²) in [5.41, 5.74) is 4.90. The second kappa shape index (κ2) is 8.13. The average Bonchev–Trinajstić information content (AvgIpc) is 3.07. The minimum absolute atomic E-state index is 0.137. The first kappa shape index (κ1) is 17.4. The van der Waals surface area contributed by atoms with E-state index in [2.05, 4.69) is 48.5 Å². The maximum Gasteiger partial charge on any atom is 0.309 e. The highest BCUT2D eigenvalue weighted by Gasteiger charge is 2.37. The minimum Gasteiger partial charge on any atom is -0.469 e. The van der Waals surface area contributed by atoms with E-state index in [0.717, 1.165) is 12.8 Å². The van der Waals surface area contributed by atoms with Gasteiger partial charge < -0.3 is 9.47 Å². The summed E-state index contributed by atoms with van der Waals surface area (Å²) in [6.07, 6.45) is 1.58. The lowest BCUT2D eigenvalue weighted by molar-refractivity contribution is -0.147. The number of esters is 1. The molecule has 2 aromatic rings. The van der Waals surface area contributed by atoms with Crippen LogP contribution in [0, 0.1) is 11.8 Å². The number of allylic oxidation sites excluding steroid dienone is 1. The summed E-state index contributed by atoms with van der Waals surface area (Å²) in [6, 6.07) is 20.8. The molecule has 0 N–H and O–H groups in total. The third-order valence-electron chi connectivity index (χ3n) is 4.91. The smallest absolute Gasteiger partial charge is 0.309 e. The van der Waals surface area contributed by atoms with Crippen molar-refractivity contribution in [1.29, 1.82) is 0 Å². The van der Waals surface area contributed by atoms with Gasteiger partial charge in [-0.25, -0.2) is 0 Å². The van der Waals surface area contributed by atoms with Crippen molar-refractivity contribution < 1.29 is 14.3 Å². The molecular formula is C22H24O3. The molecule has 1 saturated carbocycles. The highest BCUT2D eigenvalue weighted by Crippen LogP contribution is 2.42. The lowest BCUT2D eigenvalue weighted by Gasteiger charge is -2.15. The summed E-state index contributed by atoms with van der Waals surface area (Å²) in [5.74, 6) is -0.116. The van der Waals surface area contributed by atoms with Crippen LogP contribution in [-0.2, 0) is 14.3 Å². The molecule has 0 saturated heterocycles. The SMILES string of the molecule is COC[C@H]1CC(=C(c2ccccc2)c2ccccc2)C[C@@H]1C(=O)OC. The Morgan fingerprint density at radius 3 is 1.96 bits per heavy atom. The number of methoxy groups -OCH3 is 2. The summed E-state index contributed by atoms with van der Waals surface area (Å²) in [4.78, 5) is 12.2. The van der Waals surface area contributed by atoms with Gasteiger partial charge in [-0.15, -0.1) is 0 Å². The van der Waals surface area contributed by atoms with Crippen LogP contribution in [0.4, 0.5) is 0 Å². The molecular weight excluding hydrogens is 312 g/mol. The third kappa shape index (κ3) is 3.83. The highest BCUT2D eigenvalue weighted by molar-refractivity contribution is 5.84. The van der Waals surface area contributed by atoms with E-state index in [1.807, 2.05) is 12.1 Å². The number of ether oxygens (including phenoxy) is 2. The third-order valence-corrected chi connectivity index (χ3v) is 4.91. The van der Waals surface area contributed by atoms with Crippen LogP contribution in [-0.4, -0.2) is 26.8 Å². The molecule has 1 aliphatic carbocycles. The fourth-order valence-corrected chi connectivity index (χ4v) is 3.78. The van der Waals surface area contributed by atoms with Crippen LogP contribution in [0.15, 0.2) is 66.2 Å². The topological polar surface area (TPSA) is 35.5 Å². The van der Waals surface area contributed by atoms with E-state index in [0.29, 0.717) is 6.61 Å². The molecule has 0 aromatic heterocycles. The molecule has 3 nitrogen and oxygen atoms in total. The molecule has 0 unspecified atom stereocenters. The molecule has 3 heteroatoms. The van der Waals surface area contributed by atoms with Crippen molar-refractivity contribution in [2.24, 2.45) is 11.8 Å². The highest BCUT2D eigenvalue weighted by atomic mass is 16.5. The van der Waals surface area contributed by atoms with Gasteiger partial charge in [0.1, 0.15) is 0 Å². The van der Waals surface area contributed by atoms with Crippen molar-refractivity contribution in [3.63, 3.8) is 0 Å². The molecule has 1 fully saturated rings. The summed E-state index contributed by atoms with van der Waals surface area (Å²) < 4.78 is 10.4. The molecule has 3 rings (SSSR count). The molecule has 2 aromatic carbocycles. The van der Waals surface area contributed by atoms with E-state index in [1.165, 1.54) is 29.4 Å². The maximum absolute atomic E-state index is 12.2. The first-order valence-corrected chi connectivity index (χ1v) is 8.64. The number of carbonyl (C=O) groups excluding carboxylic acids is 1. The Balaban J connectivity index is 2.07. The van der Waals surface area contributed by atoms with Gasteiger partial charge >= 0.3 is 5.97 Å². The first-order valence-electron chi connectivity index (χ1n) is 8.64. The van der Waals surface area contributed by atoms with Gasteiger partial charge in [-0.2, -0.15) is 0 Å². The van der Waals surface area contributed by atoms with Crippen molar-refractivity contribution in [2.75, 3.05) is 20.8 Å². The monoisotopic (exact) mass is 336 g/mol. The number of carbonyl (C=O) groups is 1. The van der Waals surface area contributed by atoms with Crippen LogP contribution < -0.4 is 0 Å². The molecule has 0 heterocycles. The minimum atomic E-state index is -0.141. The lowest BCUT2D eigenvalue weighted by atomic mass is 9.92. The number of rotatable bonds is 5. The van der Waals surface area contributed by atoms with E-state index in [1.54, 1.807) is 7.11 Å². The Kier molecular flexibility index (Phi) is 5.67. The molecule has 0 amide bonds. The second-order valence-electron chi connectivity index (χ2n) is 6.46. The van der Waals surface area contributed by atoms with Crippen molar-refractivity contribution in [3.05, 3.63) is 77.4 Å². The Morgan fingerprint density at radius 1 is 0.920 bits per heavy atom. The summed E-state index contributed by atoms with van der Waals surface area (Å²) >= 11 is 0. The zero-order valence-electron chi connectivity index (χ0n) is 14.8. The first-order chi connectivity index (χ1) is 12.2. The molecule has 130 valence electrons. The Morgan fingerprint density at radius 2 is 1.48 bits per heavy atom. The van der Waals surface area contributed by atoms with Crippen molar-refractivity contribution in [3.8, 4) is 0 Å². The molecule has 0 bridgehead atoms. The summed E-state index contributed by atoms with van der Waals surface area (Å²) in [7, 11) is 3.15. The molecule has 1 aliphatic rings. The van der Waals surface area contributed by atoms with Gasteiger partial charge in [0.25, 0.3) is 0 Å². The Labute approximate surface area is 149 Å². The number of hydrogen-bond donors (Lipinski definition) is 0. The zero-order chi connectivity index (χ0) is 17.6. The second-order valence-corrected chi connectivity index (χ2v) is 6.46. The molecule has 0 spiro atoms. The standard InChI is InChI=1S/C22H24O3/c1-24-15-19-13-18(14-20(19)22(23)25-2)21(16-9-5-3-6-10-16)17-11-7-4-8-12-17/h3-12,19-20H,13-15H2,1-2H3/t19-,20+/m1/s1. The van der Waals surface area contributed by atoms with Crippen LogP contribution in [0.5, 0.6) is 0 Å². The Hall–Kier alpha value is -2.39. The van der Waals surface area contributed by atoms with Gasteiger partial charge in [0, 0.05) is 7.11 Å². The van der Waals surface area contributed by atoms with Crippen LogP contribution in [0.25, 0.3) is 5.57 Å². The fraction of sp³-hybridized carbons (Fsp3) is 0.318. The van der Waals surface area contributed by atoms with E-state index < -0.39 is 0 Å².